The highest BCUT2D eigenvalue weighted by molar-refractivity contribution is 5.99. The minimum absolute atomic E-state index is 0.000588. The second-order valence-corrected chi connectivity index (χ2v) is 11.4. The summed E-state index contributed by atoms with van der Waals surface area (Å²) in [6.45, 7) is 6.41. The number of likely N-dealkylation sites (tertiary alicyclic amines) is 1. The van der Waals surface area contributed by atoms with Crippen LogP contribution in [0.3, 0.4) is 0 Å². The van der Waals surface area contributed by atoms with Gasteiger partial charge in [-0.15, -0.1) is 0 Å². The molecule has 198 valence electrons. The maximum atomic E-state index is 15.5. The average molecular weight is 519 g/mol. The summed E-state index contributed by atoms with van der Waals surface area (Å²) in [5.74, 6) is -0.178. The van der Waals surface area contributed by atoms with Gasteiger partial charge in [0.2, 0.25) is 0 Å². The lowest BCUT2D eigenvalue weighted by atomic mass is 9.60. The number of hydrogen-bond donors (Lipinski definition) is 3. The van der Waals surface area contributed by atoms with Gasteiger partial charge in [-0.05, 0) is 61.1 Å². The number of ether oxygens (including phenoxy) is 1. The number of nitrogens with zero attached hydrogens (tertiary/aromatic N) is 4. The van der Waals surface area contributed by atoms with Crippen LogP contribution >= 0.6 is 0 Å². The monoisotopic (exact) mass is 518 g/mol. The molecule has 2 aromatic heterocycles. The zero-order valence-electron chi connectivity index (χ0n) is 21.3. The van der Waals surface area contributed by atoms with Crippen LogP contribution < -0.4 is 16.0 Å². The summed E-state index contributed by atoms with van der Waals surface area (Å²) >= 11 is 0. The van der Waals surface area contributed by atoms with Crippen LogP contribution in [0.5, 0.6) is 0 Å². The Balaban J connectivity index is 1.20. The highest BCUT2D eigenvalue weighted by Crippen LogP contribution is 2.52. The van der Waals surface area contributed by atoms with E-state index in [0.29, 0.717) is 33.8 Å². The fourth-order valence-corrected chi connectivity index (χ4v) is 6.76. The van der Waals surface area contributed by atoms with Gasteiger partial charge in [-0.1, -0.05) is 0 Å². The van der Waals surface area contributed by atoms with Crippen LogP contribution in [0.2, 0.25) is 0 Å². The predicted octanol–water partition coefficient (Wildman–Crippen LogP) is 4.03. The Bertz CT molecular complexity index is 1460. The number of halogens is 1. The summed E-state index contributed by atoms with van der Waals surface area (Å²) in [5.41, 5.74) is 10.3. The van der Waals surface area contributed by atoms with Gasteiger partial charge in [0.1, 0.15) is 5.82 Å². The third kappa shape index (κ3) is 3.54. The van der Waals surface area contributed by atoms with E-state index in [1.54, 1.807) is 18.3 Å². The van der Waals surface area contributed by atoms with E-state index in [0.717, 1.165) is 75.5 Å². The van der Waals surface area contributed by atoms with E-state index in [2.05, 4.69) is 20.2 Å². The number of benzene rings is 1. The molecule has 1 spiro atoms. The molecule has 3 fully saturated rings. The standard InChI is InChI=1S/C28H31FN6O3/c1-15-20(9-32-22-3-2-4-31-26(15)22)19-5-16-6-23(33-10-21(16)25(30)24(19)29)35(27(36)37)17-7-28(8-17)13-34(14-28)18-11-38-12-18/h5-6,9-10,17-18,31H,2-4,7-8,11-14,30H2,1H3,(H,36,37). The molecule has 38 heavy (non-hydrogen) atoms. The summed E-state index contributed by atoms with van der Waals surface area (Å²) < 4.78 is 20.8. The first-order chi connectivity index (χ1) is 18.3. The van der Waals surface area contributed by atoms with Crippen LogP contribution in [-0.4, -0.2) is 71.0 Å². The van der Waals surface area contributed by atoms with Crippen molar-refractivity contribution in [2.24, 2.45) is 5.41 Å². The lowest BCUT2D eigenvalue weighted by molar-refractivity contribution is -0.157. The predicted molar refractivity (Wildman–Crippen MR) is 143 cm³/mol. The molecule has 2 saturated heterocycles. The van der Waals surface area contributed by atoms with E-state index in [9.17, 15) is 9.90 Å². The Morgan fingerprint density at radius 2 is 2.03 bits per heavy atom. The number of aryl methyl sites for hydroxylation is 1. The third-order valence-corrected chi connectivity index (χ3v) is 8.95. The molecule has 0 unspecified atom stereocenters. The van der Waals surface area contributed by atoms with Gasteiger partial charge in [-0.25, -0.2) is 14.2 Å². The summed E-state index contributed by atoms with van der Waals surface area (Å²) in [6.07, 6.45) is 5.69. The summed E-state index contributed by atoms with van der Waals surface area (Å²) in [5, 5.41) is 14.6. The van der Waals surface area contributed by atoms with Crippen LogP contribution in [0, 0.1) is 18.2 Å². The fraction of sp³-hybridized carbons (Fsp3) is 0.464. The van der Waals surface area contributed by atoms with E-state index in [1.165, 1.54) is 11.1 Å². The topological polar surface area (TPSA) is 117 Å². The molecular weight excluding hydrogens is 487 g/mol. The fourth-order valence-electron chi connectivity index (χ4n) is 6.76. The number of rotatable bonds is 4. The summed E-state index contributed by atoms with van der Waals surface area (Å²) in [6, 6.07) is 3.83. The number of nitrogens with one attached hydrogen (secondary N) is 1. The molecule has 3 aromatic rings. The van der Waals surface area contributed by atoms with E-state index in [1.807, 2.05) is 6.92 Å². The van der Waals surface area contributed by atoms with Crippen molar-refractivity contribution in [3.63, 3.8) is 0 Å². The number of carboxylic acid groups (broad SMARTS) is 1. The minimum atomic E-state index is -1.03. The van der Waals surface area contributed by atoms with E-state index >= 15 is 4.39 Å². The zero-order chi connectivity index (χ0) is 26.2. The highest BCUT2D eigenvalue weighted by Gasteiger charge is 2.56. The number of hydrogen-bond acceptors (Lipinski definition) is 7. The molecule has 0 bridgehead atoms. The van der Waals surface area contributed by atoms with Gasteiger partial charge >= 0.3 is 6.09 Å². The van der Waals surface area contributed by atoms with Crippen molar-refractivity contribution in [3.8, 4) is 11.1 Å². The van der Waals surface area contributed by atoms with Crippen molar-refractivity contribution in [3.05, 3.63) is 41.6 Å². The molecular formula is C28H31FN6O3. The first kappa shape index (κ1) is 23.6. The van der Waals surface area contributed by atoms with Gasteiger partial charge in [0, 0.05) is 54.6 Å². The van der Waals surface area contributed by atoms with Crippen LogP contribution in [0.4, 0.5) is 26.4 Å². The Labute approximate surface area is 219 Å². The number of fused-ring (bicyclic) bond motifs is 2. The molecule has 1 aromatic carbocycles. The molecule has 9 nitrogen and oxygen atoms in total. The molecule has 1 saturated carbocycles. The minimum Gasteiger partial charge on any atom is -0.465 e. The number of aromatic nitrogens is 2. The Morgan fingerprint density at radius 1 is 1.24 bits per heavy atom. The molecule has 5 heterocycles. The number of nitrogen functional groups attached to an aromatic ring is 1. The van der Waals surface area contributed by atoms with Crippen LogP contribution in [0.25, 0.3) is 21.9 Å². The molecule has 4 aliphatic rings. The smallest absolute Gasteiger partial charge is 0.413 e. The lowest BCUT2D eigenvalue weighted by Gasteiger charge is -2.62. The average Bonchev–Trinajstić information content (AvgIpc) is 2.82. The van der Waals surface area contributed by atoms with Crippen molar-refractivity contribution in [2.75, 3.05) is 48.8 Å². The first-order valence-corrected chi connectivity index (χ1v) is 13.3. The van der Waals surface area contributed by atoms with Crippen LogP contribution in [0.1, 0.15) is 30.5 Å². The second kappa shape index (κ2) is 8.51. The second-order valence-electron chi connectivity index (χ2n) is 11.4. The van der Waals surface area contributed by atoms with E-state index < -0.39 is 11.9 Å². The Kier molecular flexibility index (Phi) is 5.28. The molecule has 0 atom stereocenters. The van der Waals surface area contributed by atoms with Crippen molar-refractivity contribution in [1.82, 2.24) is 14.9 Å². The third-order valence-electron chi connectivity index (χ3n) is 8.95. The number of amides is 1. The molecule has 1 amide bonds. The SMILES string of the molecule is Cc1c(-c2cc3cc(N(C(=O)O)C4CC5(C4)CN(C4COC4)C5)ncc3c(N)c2F)cnc2c1NCCC2. The van der Waals surface area contributed by atoms with E-state index in [4.69, 9.17) is 10.5 Å². The van der Waals surface area contributed by atoms with Crippen LogP contribution in [-0.2, 0) is 11.2 Å². The first-order valence-electron chi connectivity index (χ1n) is 13.3. The van der Waals surface area contributed by atoms with Gasteiger partial charge < -0.3 is 20.9 Å². The molecule has 3 aliphatic heterocycles. The Morgan fingerprint density at radius 3 is 2.74 bits per heavy atom. The molecule has 0 radical (unpaired) electrons. The molecule has 10 heteroatoms. The van der Waals surface area contributed by atoms with E-state index in [-0.39, 0.29) is 17.1 Å². The van der Waals surface area contributed by atoms with Gasteiger partial charge in [0.15, 0.2) is 5.82 Å². The van der Waals surface area contributed by atoms with Gasteiger partial charge in [0.25, 0.3) is 0 Å². The van der Waals surface area contributed by atoms with Gasteiger partial charge in [-0.2, -0.15) is 0 Å². The maximum absolute atomic E-state index is 15.5. The Hall–Kier alpha value is -3.50. The maximum Gasteiger partial charge on any atom is 0.413 e. The van der Waals surface area contributed by atoms with Gasteiger partial charge in [-0.3, -0.25) is 14.8 Å². The number of anilines is 3. The largest absolute Gasteiger partial charge is 0.465 e. The zero-order valence-corrected chi connectivity index (χ0v) is 21.3. The van der Waals surface area contributed by atoms with Gasteiger partial charge in [0.05, 0.1) is 36.3 Å². The van der Waals surface area contributed by atoms with Crippen molar-refractivity contribution in [1.29, 1.82) is 0 Å². The van der Waals surface area contributed by atoms with Crippen molar-refractivity contribution < 1.29 is 19.0 Å². The highest BCUT2D eigenvalue weighted by atomic mass is 19.1. The summed E-state index contributed by atoms with van der Waals surface area (Å²) in [4.78, 5) is 25.2. The summed E-state index contributed by atoms with van der Waals surface area (Å²) in [7, 11) is 0. The van der Waals surface area contributed by atoms with Crippen molar-refractivity contribution in [2.45, 2.75) is 44.7 Å². The number of nitrogens with two attached hydrogens (primary N) is 1. The normalized spacial score (nSPS) is 20.8. The van der Waals surface area contributed by atoms with Crippen LogP contribution in [0.15, 0.2) is 24.5 Å². The molecule has 7 rings (SSSR count). The quantitative estimate of drug-likeness (QED) is 0.443. The molecule has 4 N–H and O–H groups in total. The van der Waals surface area contributed by atoms with Crippen molar-refractivity contribution >= 4 is 34.1 Å². The number of pyridine rings is 2. The lowest BCUT2D eigenvalue weighted by Crippen LogP contribution is -2.71. The number of carbonyl (C=O) groups is 1. The molecule has 1 aliphatic carbocycles.